The first-order valence-electron chi connectivity index (χ1n) is 6.38. The van der Waals surface area contributed by atoms with Gasteiger partial charge >= 0.3 is 6.03 Å². The number of piperidine rings is 1. The molecule has 0 bridgehead atoms. The number of anilines is 1. The molecular weight excluding hydrogens is 278 g/mol. The Labute approximate surface area is 120 Å². The van der Waals surface area contributed by atoms with Crippen LogP contribution in [0, 0.1) is 0 Å². The number of hydrogen-bond acceptors (Lipinski definition) is 6. The number of amides is 3. The standard InChI is InChI=1S/C12H15N5O2S/c1-20-11-13-5-2-8(14-11)17-6-3-12(4-7-17)9(18)15-10(19)16-12/h2,5H,3-4,6-7H2,1H3,(H2,15,16,18,19). The second-order valence-corrected chi connectivity index (χ2v) is 5.65. The second-order valence-electron chi connectivity index (χ2n) is 4.88. The van der Waals surface area contributed by atoms with Gasteiger partial charge in [0.1, 0.15) is 11.4 Å². The topological polar surface area (TPSA) is 87.2 Å². The Kier molecular flexibility index (Phi) is 3.25. The van der Waals surface area contributed by atoms with E-state index in [0.717, 1.165) is 11.0 Å². The van der Waals surface area contributed by atoms with Crippen molar-refractivity contribution in [2.24, 2.45) is 0 Å². The van der Waals surface area contributed by atoms with Gasteiger partial charge in [-0.3, -0.25) is 10.1 Å². The Morgan fingerprint density at radius 3 is 2.70 bits per heavy atom. The number of nitrogens with one attached hydrogen (secondary N) is 2. The van der Waals surface area contributed by atoms with E-state index in [1.165, 1.54) is 11.8 Å². The van der Waals surface area contributed by atoms with Gasteiger partial charge < -0.3 is 10.2 Å². The van der Waals surface area contributed by atoms with Crippen molar-refractivity contribution in [3.63, 3.8) is 0 Å². The predicted molar refractivity (Wildman–Crippen MR) is 74.7 cm³/mol. The van der Waals surface area contributed by atoms with Crippen molar-refractivity contribution in [2.75, 3.05) is 24.2 Å². The van der Waals surface area contributed by atoms with Crippen molar-refractivity contribution in [1.29, 1.82) is 0 Å². The summed E-state index contributed by atoms with van der Waals surface area (Å²) in [7, 11) is 0. The predicted octanol–water partition coefficient (Wildman–Crippen LogP) is 0.377. The zero-order chi connectivity index (χ0) is 14.2. The van der Waals surface area contributed by atoms with E-state index in [0.29, 0.717) is 25.9 Å². The van der Waals surface area contributed by atoms with Crippen LogP contribution in [0.3, 0.4) is 0 Å². The average Bonchev–Trinajstić information content (AvgIpc) is 2.74. The van der Waals surface area contributed by atoms with Gasteiger partial charge in [-0.25, -0.2) is 14.8 Å². The number of carbonyl (C=O) groups excluding carboxylic acids is 2. The lowest BCUT2D eigenvalue weighted by atomic mass is 9.88. The van der Waals surface area contributed by atoms with Gasteiger partial charge in [0.2, 0.25) is 0 Å². The number of thioether (sulfide) groups is 1. The third kappa shape index (κ3) is 2.20. The Balaban J connectivity index is 1.72. The molecule has 2 aliphatic heterocycles. The van der Waals surface area contributed by atoms with E-state index >= 15 is 0 Å². The number of urea groups is 1. The number of aromatic nitrogens is 2. The summed E-state index contributed by atoms with van der Waals surface area (Å²) in [6.45, 7) is 1.36. The molecule has 0 unspecified atom stereocenters. The molecule has 2 saturated heterocycles. The highest BCUT2D eigenvalue weighted by atomic mass is 32.2. The highest BCUT2D eigenvalue weighted by Crippen LogP contribution is 2.28. The SMILES string of the molecule is CSc1nccc(N2CCC3(CC2)NC(=O)NC3=O)n1. The molecular formula is C12H15N5O2S. The third-order valence-corrected chi connectivity index (χ3v) is 4.32. The van der Waals surface area contributed by atoms with E-state index in [1.807, 2.05) is 12.3 Å². The van der Waals surface area contributed by atoms with Gasteiger partial charge in [0.15, 0.2) is 5.16 Å². The summed E-state index contributed by atoms with van der Waals surface area (Å²) in [6, 6.07) is 1.47. The number of rotatable bonds is 2. The van der Waals surface area contributed by atoms with E-state index in [1.54, 1.807) is 6.20 Å². The van der Waals surface area contributed by atoms with Crippen LogP contribution in [0.15, 0.2) is 17.4 Å². The largest absolute Gasteiger partial charge is 0.356 e. The van der Waals surface area contributed by atoms with Crippen molar-refractivity contribution < 1.29 is 9.59 Å². The molecule has 3 rings (SSSR count). The lowest BCUT2D eigenvalue weighted by molar-refractivity contribution is -0.124. The molecule has 3 heterocycles. The molecule has 106 valence electrons. The molecule has 0 aliphatic carbocycles. The fraction of sp³-hybridized carbons (Fsp3) is 0.500. The number of carbonyl (C=O) groups is 2. The van der Waals surface area contributed by atoms with Crippen LogP contribution in [-0.2, 0) is 4.79 Å². The first kappa shape index (κ1) is 13.2. The first-order chi connectivity index (χ1) is 9.63. The van der Waals surface area contributed by atoms with Crippen molar-refractivity contribution in [1.82, 2.24) is 20.6 Å². The molecule has 1 spiro atoms. The van der Waals surface area contributed by atoms with Crippen LogP contribution in [0.5, 0.6) is 0 Å². The van der Waals surface area contributed by atoms with Crippen molar-refractivity contribution in [3.8, 4) is 0 Å². The molecule has 0 radical (unpaired) electrons. The van der Waals surface area contributed by atoms with Gasteiger partial charge in [-0.1, -0.05) is 11.8 Å². The lowest BCUT2D eigenvalue weighted by Crippen LogP contribution is -2.55. The molecule has 8 heteroatoms. The molecule has 2 fully saturated rings. The quantitative estimate of drug-likeness (QED) is 0.465. The monoisotopic (exact) mass is 293 g/mol. The summed E-state index contributed by atoms with van der Waals surface area (Å²) in [5, 5.41) is 5.80. The Morgan fingerprint density at radius 2 is 2.10 bits per heavy atom. The van der Waals surface area contributed by atoms with Crippen molar-refractivity contribution >= 4 is 29.5 Å². The molecule has 2 N–H and O–H groups in total. The van der Waals surface area contributed by atoms with Crippen LogP contribution in [0.1, 0.15) is 12.8 Å². The summed E-state index contributed by atoms with van der Waals surface area (Å²) in [6.07, 6.45) is 4.84. The Hall–Kier alpha value is -1.83. The van der Waals surface area contributed by atoms with Gasteiger partial charge in [-0.2, -0.15) is 0 Å². The molecule has 1 aromatic heterocycles. The van der Waals surface area contributed by atoms with Crippen molar-refractivity contribution in [2.45, 2.75) is 23.5 Å². The Bertz CT molecular complexity index is 557. The van der Waals surface area contributed by atoms with Crippen LogP contribution in [0.4, 0.5) is 10.6 Å². The van der Waals surface area contributed by atoms with E-state index in [2.05, 4.69) is 25.5 Å². The van der Waals surface area contributed by atoms with Crippen LogP contribution in [-0.4, -0.2) is 46.8 Å². The minimum absolute atomic E-state index is 0.213. The maximum absolute atomic E-state index is 11.9. The van der Waals surface area contributed by atoms with Crippen LogP contribution in [0.25, 0.3) is 0 Å². The van der Waals surface area contributed by atoms with E-state index in [9.17, 15) is 9.59 Å². The minimum atomic E-state index is -0.733. The maximum atomic E-state index is 11.9. The van der Waals surface area contributed by atoms with Gasteiger partial charge in [0, 0.05) is 19.3 Å². The smallest absolute Gasteiger partial charge is 0.322 e. The van der Waals surface area contributed by atoms with Gasteiger partial charge in [0.25, 0.3) is 5.91 Å². The normalized spacial score (nSPS) is 20.9. The summed E-state index contributed by atoms with van der Waals surface area (Å²) in [5.41, 5.74) is -0.733. The highest BCUT2D eigenvalue weighted by Gasteiger charge is 2.47. The first-order valence-corrected chi connectivity index (χ1v) is 7.61. The van der Waals surface area contributed by atoms with E-state index in [-0.39, 0.29) is 5.91 Å². The van der Waals surface area contributed by atoms with Gasteiger partial charge in [-0.15, -0.1) is 0 Å². The molecule has 0 atom stereocenters. The third-order valence-electron chi connectivity index (χ3n) is 3.76. The maximum Gasteiger partial charge on any atom is 0.322 e. The average molecular weight is 293 g/mol. The molecule has 0 aromatic carbocycles. The lowest BCUT2D eigenvalue weighted by Gasteiger charge is -2.37. The minimum Gasteiger partial charge on any atom is -0.356 e. The van der Waals surface area contributed by atoms with Crippen LogP contribution < -0.4 is 15.5 Å². The molecule has 0 saturated carbocycles. The summed E-state index contributed by atoms with van der Waals surface area (Å²) in [4.78, 5) is 33.9. The van der Waals surface area contributed by atoms with Gasteiger partial charge in [-0.05, 0) is 25.2 Å². The highest BCUT2D eigenvalue weighted by molar-refractivity contribution is 7.98. The fourth-order valence-electron chi connectivity index (χ4n) is 2.60. The molecule has 2 aliphatic rings. The van der Waals surface area contributed by atoms with Crippen LogP contribution in [0.2, 0.25) is 0 Å². The van der Waals surface area contributed by atoms with Crippen LogP contribution >= 0.6 is 11.8 Å². The number of hydrogen-bond donors (Lipinski definition) is 2. The molecule has 7 nitrogen and oxygen atoms in total. The van der Waals surface area contributed by atoms with E-state index in [4.69, 9.17) is 0 Å². The van der Waals surface area contributed by atoms with Crippen molar-refractivity contribution in [3.05, 3.63) is 12.3 Å². The second kappa shape index (κ2) is 4.93. The molecule has 1 aromatic rings. The zero-order valence-electron chi connectivity index (χ0n) is 11.0. The van der Waals surface area contributed by atoms with E-state index < -0.39 is 11.6 Å². The summed E-state index contributed by atoms with van der Waals surface area (Å²) >= 11 is 1.50. The van der Waals surface area contributed by atoms with Gasteiger partial charge in [0.05, 0.1) is 0 Å². The zero-order valence-corrected chi connectivity index (χ0v) is 11.9. The summed E-state index contributed by atoms with van der Waals surface area (Å²) in [5.74, 6) is 0.651. The molecule has 20 heavy (non-hydrogen) atoms. The number of nitrogens with zero attached hydrogens (tertiary/aromatic N) is 3. The fourth-order valence-corrected chi connectivity index (χ4v) is 2.96. The molecule has 3 amide bonds. The number of imide groups is 1. The Morgan fingerprint density at radius 1 is 1.35 bits per heavy atom. The summed E-state index contributed by atoms with van der Waals surface area (Å²) < 4.78 is 0.